The van der Waals surface area contributed by atoms with Gasteiger partial charge in [-0.1, -0.05) is 13.0 Å². The maximum atomic E-state index is 3.76. The fourth-order valence-electron chi connectivity index (χ4n) is 2.22. The summed E-state index contributed by atoms with van der Waals surface area (Å²) >= 11 is 0. The normalized spacial score (nSPS) is 28.2. The number of hydrogen-bond donors (Lipinski definition) is 1. The SMILES string of the molecule is C=CCN(C)CC1(CC)CCCN1. The number of hydrogen-bond acceptors (Lipinski definition) is 2. The van der Waals surface area contributed by atoms with Crippen LogP contribution in [0.3, 0.4) is 0 Å². The minimum Gasteiger partial charge on any atom is -0.310 e. The van der Waals surface area contributed by atoms with Gasteiger partial charge in [-0.2, -0.15) is 0 Å². The summed E-state index contributed by atoms with van der Waals surface area (Å²) in [4.78, 5) is 2.34. The Hall–Kier alpha value is -0.340. The molecule has 0 amide bonds. The molecule has 0 aromatic carbocycles. The average molecular weight is 182 g/mol. The molecule has 0 aromatic rings. The first kappa shape index (κ1) is 10.7. The van der Waals surface area contributed by atoms with Crippen molar-refractivity contribution in [3.63, 3.8) is 0 Å². The van der Waals surface area contributed by atoms with Gasteiger partial charge in [-0.05, 0) is 32.9 Å². The van der Waals surface area contributed by atoms with Gasteiger partial charge in [-0.25, -0.2) is 0 Å². The van der Waals surface area contributed by atoms with Crippen molar-refractivity contribution in [2.24, 2.45) is 0 Å². The van der Waals surface area contributed by atoms with E-state index in [4.69, 9.17) is 0 Å². The van der Waals surface area contributed by atoms with Crippen molar-refractivity contribution in [3.05, 3.63) is 12.7 Å². The topological polar surface area (TPSA) is 15.3 Å². The summed E-state index contributed by atoms with van der Waals surface area (Å²) in [5, 5.41) is 3.63. The van der Waals surface area contributed by atoms with Crippen LogP contribution in [0.4, 0.5) is 0 Å². The molecular weight excluding hydrogens is 160 g/mol. The van der Waals surface area contributed by atoms with E-state index in [2.05, 4.69) is 30.8 Å². The summed E-state index contributed by atoms with van der Waals surface area (Å²) in [5.74, 6) is 0. The lowest BCUT2D eigenvalue weighted by Gasteiger charge is -2.32. The van der Waals surface area contributed by atoms with E-state index >= 15 is 0 Å². The molecule has 0 aromatic heterocycles. The molecule has 0 bridgehead atoms. The summed E-state index contributed by atoms with van der Waals surface area (Å²) in [6.45, 7) is 9.37. The standard InChI is InChI=1S/C11H22N2/c1-4-9-13(3)10-11(5-2)7-6-8-12-11/h4,12H,1,5-10H2,2-3H3. The second-order valence-electron chi connectivity index (χ2n) is 4.15. The van der Waals surface area contributed by atoms with Crippen LogP contribution in [0.1, 0.15) is 26.2 Å². The third kappa shape index (κ3) is 2.82. The molecule has 1 fully saturated rings. The Morgan fingerprint density at radius 3 is 2.85 bits per heavy atom. The molecule has 1 aliphatic heterocycles. The highest BCUT2D eigenvalue weighted by Crippen LogP contribution is 2.23. The molecule has 76 valence electrons. The van der Waals surface area contributed by atoms with E-state index < -0.39 is 0 Å². The molecule has 0 radical (unpaired) electrons. The fraction of sp³-hybridized carbons (Fsp3) is 0.818. The molecule has 1 N–H and O–H groups in total. The molecule has 13 heavy (non-hydrogen) atoms. The molecule has 0 aliphatic carbocycles. The Kier molecular flexibility index (Phi) is 3.94. The Labute approximate surface area is 82.0 Å². The van der Waals surface area contributed by atoms with E-state index in [1.54, 1.807) is 0 Å². The Morgan fingerprint density at radius 1 is 1.62 bits per heavy atom. The Balaban J connectivity index is 2.42. The maximum absolute atomic E-state index is 3.76. The van der Waals surface area contributed by atoms with Crippen LogP contribution in [0.5, 0.6) is 0 Å². The third-order valence-electron chi connectivity index (χ3n) is 3.02. The van der Waals surface area contributed by atoms with Crippen molar-refractivity contribution >= 4 is 0 Å². The Bertz CT molecular complexity index is 159. The molecule has 1 unspecified atom stereocenters. The zero-order chi connectivity index (χ0) is 9.73. The third-order valence-corrected chi connectivity index (χ3v) is 3.02. The molecule has 0 spiro atoms. The number of nitrogens with one attached hydrogen (secondary N) is 1. The van der Waals surface area contributed by atoms with Gasteiger partial charge in [-0.15, -0.1) is 6.58 Å². The molecule has 1 aliphatic rings. The first-order valence-electron chi connectivity index (χ1n) is 5.27. The van der Waals surface area contributed by atoms with Crippen LogP contribution in [0.15, 0.2) is 12.7 Å². The van der Waals surface area contributed by atoms with Gasteiger partial charge in [-0.3, -0.25) is 0 Å². The maximum Gasteiger partial charge on any atom is 0.0306 e. The minimum atomic E-state index is 0.387. The second-order valence-corrected chi connectivity index (χ2v) is 4.15. The fourth-order valence-corrected chi connectivity index (χ4v) is 2.22. The van der Waals surface area contributed by atoms with Crippen LogP contribution in [-0.2, 0) is 0 Å². The number of rotatable bonds is 5. The van der Waals surface area contributed by atoms with Gasteiger partial charge in [0.15, 0.2) is 0 Å². The quantitative estimate of drug-likeness (QED) is 0.650. The number of likely N-dealkylation sites (N-methyl/N-ethyl adjacent to an activating group) is 1. The van der Waals surface area contributed by atoms with Gasteiger partial charge in [0.05, 0.1) is 0 Å². The minimum absolute atomic E-state index is 0.387. The van der Waals surface area contributed by atoms with E-state index in [-0.39, 0.29) is 0 Å². The summed E-state index contributed by atoms with van der Waals surface area (Å²) < 4.78 is 0. The molecular formula is C11H22N2. The van der Waals surface area contributed by atoms with Crippen LogP contribution in [-0.4, -0.2) is 37.1 Å². The molecule has 1 atom stereocenters. The van der Waals surface area contributed by atoms with Crippen molar-refractivity contribution in [1.29, 1.82) is 0 Å². The van der Waals surface area contributed by atoms with Crippen molar-refractivity contribution in [2.75, 3.05) is 26.7 Å². The molecule has 1 heterocycles. The first-order valence-corrected chi connectivity index (χ1v) is 5.27. The summed E-state index contributed by atoms with van der Waals surface area (Å²) in [6, 6.07) is 0. The lowest BCUT2D eigenvalue weighted by molar-refractivity contribution is 0.234. The molecule has 0 saturated carbocycles. The van der Waals surface area contributed by atoms with Crippen molar-refractivity contribution in [1.82, 2.24) is 10.2 Å². The summed E-state index contributed by atoms with van der Waals surface area (Å²) in [7, 11) is 2.17. The van der Waals surface area contributed by atoms with E-state index in [9.17, 15) is 0 Å². The van der Waals surface area contributed by atoms with Gasteiger partial charge in [0.1, 0.15) is 0 Å². The average Bonchev–Trinajstić information content (AvgIpc) is 2.54. The molecule has 2 heteroatoms. The summed E-state index contributed by atoms with van der Waals surface area (Å²) in [6.07, 6.45) is 5.85. The number of nitrogens with zero attached hydrogens (tertiary/aromatic N) is 1. The summed E-state index contributed by atoms with van der Waals surface area (Å²) in [5.41, 5.74) is 0.387. The highest BCUT2D eigenvalue weighted by molar-refractivity contribution is 4.94. The monoisotopic (exact) mass is 182 g/mol. The van der Waals surface area contributed by atoms with Crippen LogP contribution in [0.2, 0.25) is 0 Å². The van der Waals surface area contributed by atoms with E-state index in [0.29, 0.717) is 5.54 Å². The molecule has 1 rings (SSSR count). The van der Waals surface area contributed by atoms with Crippen LogP contribution in [0, 0.1) is 0 Å². The van der Waals surface area contributed by atoms with Crippen molar-refractivity contribution < 1.29 is 0 Å². The zero-order valence-corrected chi connectivity index (χ0v) is 8.97. The van der Waals surface area contributed by atoms with Crippen LogP contribution < -0.4 is 5.32 Å². The van der Waals surface area contributed by atoms with Gasteiger partial charge in [0, 0.05) is 18.6 Å². The smallest absolute Gasteiger partial charge is 0.0306 e. The van der Waals surface area contributed by atoms with Crippen molar-refractivity contribution in [2.45, 2.75) is 31.7 Å². The predicted octanol–water partition coefficient (Wildman–Crippen LogP) is 1.64. The van der Waals surface area contributed by atoms with Gasteiger partial charge < -0.3 is 10.2 Å². The van der Waals surface area contributed by atoms with Gasteiger partial charge in [0.2, 0.25) is 0 Å². The zero-order valence-electron chi connectivity index (χ0n) is 8.97. The van der Waals surface area contributed by atoms with Gasteiger partial charge >= 0.3 is 0 Å². The largest absolute Gasteiger partial charge is 0.310 e. The molecule has 1 saturated heterocycles. The van der Waals surface area contributed by atoms with Crippen LogP contribution >= 0.6 is 0 Å². The van der Waals surface area contributed by atoms with E-state index in [1.165, 1.54) is 25.8 Å². The highest BCUT2D eigenvalue weighted by Gasteiger charge is 2.31. The highest BCUT2D eigenvalue weighted by atomic mass is 15.2. The van der Waals surface area contributed by atoms with Gasteiger partial charge in [0.25, 0.3) is 0 Å². The second kappa shape index (κ2) is 4.77. The van der Waals surface area contributed by atoms with E-state index in [1.807, 2.05) is 6.08 Å². The predicted molar refractivity (Wildman–Crippen MR) is 58.0 cm³/mol. The first-order chi connectivity index (χ1) is 6.22. The lowest BCUT2D eigenvalue weighted by Crippen LogP contribution is -2.48. The Morgan fingerprint density at radius 2 is 2.38 bits per heavy atom. The lowest BCUT2D eigenvalue weighted by atomic mass is 9.94. The van der Waals surface area contributed by atoms with Crippen molar-refractivity contribution in [3.8, 4) is 0 Å². The van der Waals surface area contributed by atoms with E-state index in [0.717, 1.165) is 13.1 Å². The van der Waals surface area contributed by atoms with Crippen LogP contribution in [0.25, 0.3) is 0 Å². The molecule has 2 nitrogen and oxygen atoms in total.